The molecule has 1 aliphatic rings. The number of rotatable bonds is 4. The molecule has 0 aromatic heterocycles. The Labute approximate surface area is 101 Å². The van der Waals surface area contributed by atoms with Crippen LogP contribution in [0, 0.1) is 17.3 Å². The molecule has 18 heavy (non-hydrogen) atoms. The van der Waals surface area contributed by atoms with Gasteiger partial charge in [0, 0.05) is 0 Å². The van der Waals surface area contributed by atoms with Gasteiger partial charge in [-0.15, -0.1) is 0 Å². The average molecular weight is 260 g/mol. The molecular formula is C10H12O8. The van der Waals surface area contributed by atoms with Gasteiger partial charge in [-0.1, -0.05) is 0 Å². The predicted octanol–water partition coefficient (Wildman–Crippen LogP) is -0.273. The maximum absolute atomic E-state index is 11.1. The zero-order chi connectivity index (χ0) is 14.1. The van der Waals surface area contributed by atoms with Crippen molar-refractivity contribution in [3.05, 3.63) is 0 Å². The lowest BCUT2D eigenvalue weighted by Gasteiger charge is -2.37. The highest BCUT2D eigenvalue weighted by Gasteiger charge is 2.59. The fourth-order valence-electron chi connectivity index (χ4n) is 2.32. The van der Waals surface area contributed by atoms with Crippen LogP contribution in [0.5, 0.6) is 0 Å². The van der Waals surface area contributed by atoms with Crippen LogP contribution in [0.15, 0.2) is 0 Å². The van der Waals surface area contributed by atoms with Crippen molar-refractivity contribution in [3.63, 3.8) is 0 Å². The maximum Gasteiger partial charge on any atom is 0.321 e. The first-order valence-corrected chi connectivity index (χ1v) is 5.16. The van der Waals surface area contributed by atoms with Gasteiger partial charge in [0.15, 0.2) is 5.41 Å². The van der Waals surface area contributed by atoms with Gasteiger partial charge in [-0.3, -0.25) is 19.2 Å². The Hall–Kier alpha value is -2.12. The Bertz CT molecular complexity index is 398. The van der Waals surface area contributed by atoms with Crippen molar-refractivity contribution in [2.45, 2.75) is 19.3 Å². The summed E-state index contributed by atoms with van der Waals surface area (Å²) in [5, 5.41) is 35.8. The van der Waals surface area contributed by atoms with Crippen molar-refractivity contribution < 1.29 is 39.6 Å². The zero-order valence-electron chi connectivity index (χ0n) is 9.20. The highest BCUT2D eigenvalue weighted by Crippen LogP contribution is 2.44. The molecular weight excluding hydrogens is 248 g/mol. The summed E-state index contributed by atoms with van der Waals surface area (Å²) in [7, 11) is 0. The third-order valence-corrected chi connectivity index (χ3v) is 3.41. The van der Waals surface area contributed by atoms with Crippen LogP contribution in [-0.2, 0) is 19.2 Å². The summed E-state index contributed by atoms with van der Waals surface area (Å²) in [6.45, 7) is 0. The molecule has 0 bridgehead atoms. The quantitative estimate of drug-likeness (QED) is 0.504. The van der Waals surface area contributed by atoms with Gasteiger partial charge < -0.3 is 20.4 Å². The summed E-state index contributed by atoms with van der Waals surface area (Å²) >= 11 is 0. The van der Waals surface area contributed by atoms with E-state index in [1.165, 1.54) is 0 Å². The number of carboxylic acids is 4. The molecule has 0 saturated heterocycles. The van der Waals surface area contributed by atoms with E-state index in [-0.39, 0.29) is 6.42 Å². The molecule has 0 unspecified atom stereocenters. The van der Waals surface area contributed by atoms with E-state index in [0.717, 1.165) is 0 Å². The lowest BCUT2D eigenvalue weighted by molar-refractivity contribution is -0.182. The number of hydrogen-bond donors (Lipinski definition) is 4. The first kappa shape index (κ1) is 13.9. The second-order valence-electron chi connectivity index (χ2n) is 4.28. The van der Waals surface area contributed by atoms with Gasteiger partial charge >= 0.3 is 23.9 Å². The minimum atomic E-state index is -2.45. The molecule has 0 aromatic rings. The van der Waals surface area contributed by atoms with Gasteiger partial charge in [0.1, 0.15) is 0 Å². The number of hydrogen-bond acceptors (Lipinski definition) is 4. The Balaban J connectivity index is 3.19. The van der Waals surface area contributed by atoms with Crippen LogP contribution >= 0.6 is 0 Å². The zero-order valence-corrected chi connectivity index (χ0v) is 9.20. The summed E-state index contributed by atoms with van der Waals surface area (Å²) in [6.07, 6.45) is -1.17. The highest BCUT2D eigenvalue weighted by molar-refractivity contribution is 6.02. The van der Waals surface area contributed by atoms with Gasteiger partial charge in [0.05, 0.1) is 11.8 Å². The summed E-state index contributed by atoms with van der Waals surface area (Å²) in [5.74, 6) is -9.12. The third-order valence-electron chi connectivity index (χ3n) is 3.41. The molecule has 1 rings (SSSR count). The first-order chi connectivity index (χ1) is 8.23. The van der Waals surface area contributed by atoms with Gasteiger partial charge in [-0.05, 0) is 19.3 Å². The maximum atomic E-state index is 11.1. The predicted molar refractivity (Wildman–Crippen MR) is 53.8 cm³/mol. The highest BCUT2D eigenvalue weighted by atomic mass is 16.4. The monoisotopic (exact) mass is 260 g/mol. The smallest absolute Gasteiger partial charge is 0.321 e. The average Bonchev–Trinajstić information content (AvgIpc) is 2.26. The summed E-state index contributed by atoms with van der Waals surface area (Å²) in [6, 6.07) is 0. The van der Waals surface area contributed by atoms with E-state index < -0.39 is 54.0 Å². The van der Waals surface area contributed by atoms with Crippen molar-refractivity contribution in [1.29, 1.82) is 0 Å². The van der Waals surface area contributed by atoms with Crippen LogP contribution in [0.4, 0.5) is 0 Å². The topological polar surface area (TPSA) is 149 Å². The molecule has 0 aliphatic heterocycles. The Morgan fingerprint density at radius 3 is 1.72 bits per heavy atom. The van der Waals surface area contributed by atoms with Crippen LogP contribution in [0.2, 0.25) is 0 Å². The van der Waals surface area contributed by atoms with Crippen LogP contribution in [0.25, 0.3) is 0 Å². The van der Waals surface area contributed by atoms with Crippen molar-refractivity contribution in [2.75, 3.05) is 0 Å². The second-order valence-corrected chi connectivity index (χ2v) is 4.28. The van der Waals surface area contributed by atoms with Crippen LogP contribution in [-0.4, -0.2) is 44.3 Å². The minimum absolute atomic E-state index is 0.169. The van der Waals surface area contributed by atoms with Gasteiger partial charge in [-0.2, -0.15) is 0 Å². The molecule has 0 amide bonds. The molecule has 8 nitrogen and oxygen atoms in total. The Morgan fingerprint density at radius 2 is 1.39 bits per heavy atom. The number of carbonyl (C=O) groups is 4. The largest absolute Gasteiger partial charge is 0.481 e. The van der Waals surface area contributed by atoms with Gasteiger partial charge in [0.2, 0.25) is 0 Å². The van der Waals surface area contributed by atoms with E-state index in [2.05, 4.69) is 0 Å². The Morgan fingerprint density at radius 1 is 0.889 bits per heavy atom. The summed E-state index contributed by atoms with van der Waals surface area (Å²) in [5.41, 5.74) is -2.45. The van der Waals surface area contributed by atoms with E-state index >= 15 is 0 Å². The molecule has 0 radical (unpaired) electrons. The molecule has 1 aliphatic carbocycles. The summed E-state index contributed by atoms with van der Waals surface area (Å²) < 4.78 is 0. The molecule has 8 heteroatoms. The molecule has 1 fully saturated rings. The van der Waals surface area contributed by atoms with E-state index in [9.17, 15) is 19.2 Å². The van der Waals surface area contributed by atoms with Crippen LogP contribution in [0.1, 0.15) is 19.3 Å². The molecule has 100 valence electrons. The van der Waals surface area contributed by atoms with Crippen LogP contribution < -0.4 is 0 Å². The molecule has 4 N–H and O–H groups in total. The van der Waals surface area contributed by atoms with Crippen molar-refractivity contribution in [3.8, 4) is 0 Å². The summed E-state index contributed by atoms with van der Waals surface area (Å²) in [4.78, 5) is 44.0. The third kappa shape index (κ3) is 2.01. The lowest BCUT2D eigenvalue weighted by Crippen LogP contribution is -2.52. The standard InChI is InChI=1S/C10H12O8/c11-6(12)4-1-2-10(8(15)16,9(17)18)5(3-4)7(13)14/h4-5H,1-3H2,(H,11,12)(H,13,14)(H,15,16)(H,17,18)/t4-,5+/m0/s1. The van der Waals surface area contributed by atoms with Gasteiger partial charge in [-0.25, -0.2) is 0 Å². The van der Waals surface area contributed by atoms with Crippen molar-refractivity contribution in [1.82, 2.24) is 0 Å². The number of carboxylic acid groups (broad SMARTS) is 4. The van der Waals surface area contributed by atoms with Crippen molar-refractivity contribution >= 4 is 23.9 Å². The van der Waals surface area contributed by atoms with Crippen molar-refractivity contribution in [2.24, 2.45) is 17.3 Å². The number of aliphatic carboxylic acids is 4. The van der Waals surface area contributed by atoms with Crippen LogP contribution in [0.3, 0.4) is 0 Å². The van der Waals surface area contributed by atoms with E-state index in [1.807, 2.05) is 0 Å². The van der Waals surface area contributed by atoms with E-state index in [0.29, 0.717) is 0 Å². The SMILES string of the molecule is O=C(O)[C@H]1CCC(C(=O)O)(C(=O)O)[C@@H](C(=O)O)C1. The van der Waals surface area contributed by atoms with E-state index in [4.69, 9.17) is 20.4 Å². The molecule has 0 aromatic carbocycles. The lowest BCUT2D eigenvalue weighted by atomic mass is 9.63. The fourth-order valence-corrected chi connectivity index (χ4v) is 2.32. The molecule has 1 saturated carbocycles. The Kier molecular flexibility index (Phi) is 3.59. The normalized spacial score (nSPS) is 26.2. The molecule has 0 heterocycles. The first-order valence-electron chi connectivity index (χ1n) is 5.16. The van der Waals surface area contributed by atoms with Gasteiger partial charge in [0.25, 0.3) is 0 Å². The van der Waals surface area contributed by atoms with E-state index in [1.54, 1.807) is 0 Å². The second kappa shape index (κ2) is 4.63. The molecule has 0 spiro atoms. The minimum Gasteiger partial charge on any atom is -0.481 e. The fraction of sp³-hybridized carbons (Fsp3) is 0.600. The molecule has 2 atom stereocenters.